The Kier molecular flexibility index (Phi) is 6.11. The number of benzene rings is 2. The first-order valence-corrected chi connectivity index (χ1v) is 12.1. The number of carbonyl (C=O) groups excluding carboxylic acids is 1. The Balaban J connectivity index is 1.43. The molecule has 1 fully saturated rings. The summed E-state index contributed by atoms with van der Waals surface area (Å²) in [5.74, 6) is 1.95. The second-order valence-electron chi connectivity index (χ2n) is 8.64. The SMILES string of the molecule is O=C(Nc1cccc(-c2nnc3n2CCCCC3)c1)C1(c2ccc(Br)cc2)CCOCC1. The number of ether oxygens (including phenoxy) is 1. The molecule has 2 aromatic carbocycles. The van der Waals surface area contributed by atoms with Crippen LogP contribution in [0.25, 0.3) is 11.4 Å². The predicted octanol–water partition coefficient (Wildman–Crippen LogP) is 5.12. The fourth-order valence-corrected chi connectivity index (χ4v) is 5.09. The van der Waals surface area contributed by atoms with Gasteiger partial charge in [-0.15, -0.1) is 10.2 Å². The van der Waals surface area contributed by atoms with E-state index >= 15 is 0 Å². The van der Waals surface area contributed by atoms with E-state index in [-0.39, 0.29) is 5.91 Å². The van der Waals surface area contributed by atoms with Gasteiger partial charge in [0.2, 0.25) is 5.91 Å². The van der Waals surface area contributed by atoms with Crippen LogP contribution in [0.4, 0.5) is 5.69 Å². The minimum absolute atomic E-state index is 0.0142. The summed E-state index contributed by atoms with van der Waals surface area (Å²) in [5.41, 5.74) is 2.19. The summed E-state index contributed by atoms with van der Waals surface area (Å²) in [5, 5.41) is 12.1. The number of hydrogen-bond acceptors (Lipinski definition) is 4. The molecule has 0 unspecified atom stereocenters. The molecule has 6 nitrogen and oxygen atoms in total. The van der Waals surface area contributed by atoms with Crippen LogP contribution in [0, 0.1) is 0 Å². The lowest BCUT2D eigenvalue weighted by Gasteiger charge is -2.36. The highest BCUT2D eigenvalue weighted by Gasteiger charge is 2.41. The van der Waals surface area contributed by atoms with Gasteiger partial charge in [0.05, 0.1) is 5.41 Å². The molecule has 32 heavy (non-hydrogen) atoms. The monoisotopic (exact) mass is 494 g/mol. The smallest absolute Gasteiger partial charge is 0.235 e. The van der Waals surface area contributed by atoms with E-state index in [0.29, 0.717) is 26.1 Å². The van der Waals surface area contributed by atoms with Crippen molar-refractivity contribution in [2.75, 3.05) is 18.5 Å². The van der Waals surface area contributed by atoms with Gasteiger partial charge in [0.1, 0.15) is 5.82 Å². The van der Waals surface area contributed by atoms with Crippen LogP contribution in [0.5, 0.6) is 0 Å². The molecular weight excluding hydrogens is 468 g/mol. The first-order chi connectivity index (χ1) is 15.7. The van der Waals surface area contributed by atoms with Gasteiger partial charge >= 0.3 is 0 Å². The normalized spacial score (nSPS) is 17.9. The number of nitrogens with one attached hydrogen (secondary N) is 1. The van der Waals surface area contributed by atoms with E-state index in [0.717, 1.165) is 58.7 Å². The quantitative estimate of drug-likeness (QED) is 0.546. The number of halogens is 1. The van der Waals surface area contributed by atoms with Crippen molar-refractivity contribution in [1.29, 1.82) is 0 Å². The maximum absolute atomic E-state index is 13.6. The summed E-state index contributed by atoms with van der Waals surface area (Å²) in [6.07, 6.45) is 5.83. The van der Waals surface area contributed by atoms with Gasteiger partial charge in [0, 0.05) is 41.9 Å². The van der Waals surface area contributed by atoms with Crippen molar-refractivity contribution in [2.45, 2.75) is 50.5 Å². The van der Waals surface area contributed by atoms with Crippen LogP contribution < -0.4 is 5.32 Å². The minimum Gasteiger partial charge on any atom is -0.381 e. The maximum atomic E-state index is 13.6. The van der Waals surface area contributed by atoms with E-state index in [1.807, 2.05) is 48.5 Å². The molecule has 2 aliphatic rings. The standard InChI is InChI=1S/C25H27BrN4O2/c26-20-10-8-19(9-11-20)25(12-15-32-16-13-25)24(31)27-21-6-4-5-18(17-21)23-29-28-22-7-2-1-3-14-30(22)23/h4-6,8-11,17H,1-3,7,12-16H2,(H,27,31). The third-order valence-corrected chi connectivity index (χ3v) is 7.19. The number of nitrogens with zero attached hydrogens (tertiary/aromatic N) is 3. The fourth-order valence-electron chi connectivity index (χ4n) is 4.82. The van der Waals surface area contributed by atoms with E-state index in [1.165, 1.54) is 6.42 Å². The van der Waals surface area contributed by atoms with Crippen LogP contribution in [0.1, 0.15) is 43.5 Å². The molecule has 1 N–H and O–H groups in total. The van der Waals surface area contributed by atoms with Crippen LogP contribution in [-0.2, 0) is 27.9 Å². The fraction of sp³-hybridized carbons (Fsp3) is 0.400. The van der Waals surface area contributed by atoms with Crippen molar-refractivity contribution >= 4 is 27.5 Å². The molecule has 1 amide bonds. The van der Waals surface area contributed by atoms with Crippen molar-refractivity contribution in [3.05, 3.63) is 64.4 Å². The molecule has 5 rings (SSSR count). The van der Waals surface area contributed by atoms with E-state index in [9.17, 15) is 4.79 Å². The van der Waals surface area contributed by atoms with Crippen molar-refractivity contribution in [3.63, 3.8) is 0 Å². The Morgan fingerprint density at radius 1 is 1.03 bits per heavy atom. The average molecular weight is 495 g/mol. The largest absolute Gasteiger partial charge is 0.381 e. The summed E-state index contributed by atoms with van der Waals surface area (Å²) in [4.78, 5) is 13.6. The zero-order valence-corrected chi connectivity index (χ0v) is 19.6. The Hall–Kier alpha value is -2.51. The van der Waals surface area contributed by atoms with Gasteiger partial charge in [0.15, 0.2) is 5.82 Å². The first kappa shape index (κ1) is 21.3. The highest BCUT2D eigenvalue weighted by atomic mass is 79.9. The molecule has 0 radical (unpaired) electrons. The van der Waals surface area contributed by atoms with Crippen LogP contribution in [-0.4, -0.2) is 33.9 Å². The van der Waals surface area contributed by atoms with Gasteiger partial charge in [-0.2, -0.15) is 0 Å². The zero-order valence-electron chi connectivity index (χ0n) is 18.0. The van der Waals surface area contributed by atoms with Crippen LogP contribution in [0.2, 0.25) is 0 Å². The van der Waals surface area contributed by atoms with Crippen LogP contribution >= 0.6 is 15.9 Å². The minimum atomic E-state index is -0.596. The number of amides is 1. The summed E-state index contributed by atoms with van der Waals surface area (Å²) >= 11 is 3.50. The van der Waals surface area contributed by atoms with Gasteiger partial charge in [-0.1, -0.05) is 46.6 Å². The van der Waals surface area contributed by atoms with Crippen molar-refractivity contribution in [3.8, 4) is 11.4 Å². The summed E-state index contributed by atoms with van der Waals surface area (Å²) < 4.78 is 8.83. The molecule has 1 aromatic heterocycles. The highest BCUT2D eigenvalue weighted by Crippen LogP contribution is 2.37. The molecule has 0 spiro atoms. The second kappa shape index (κ2) is 9.16. The maximum Gasteiger partial charge on any atom is 0.235 e. The van der Waals surface area contributed by atoms with E-state index in [4.69, 9.17) is 4.74 Å². The molecule has 7 heteroatoms. The summed E-state index contributed by atoms with van der Waals surface area (Å²) in [6, 6.07) is 16.0. The Bertz CT molecular complexity index is 1100. The topological polar surface area (TPSA) is 69.0 Å². The number of anilines is 1. The zero-order chi connectivity index (χ0) is 22.0. The van der Waals surface area contributed by atoms with Crippen molar-refractivity contribution in [2.24, 2.45) is 0 Å². The third-order valence-electron chi connectivity index (χ3n) is 6.67. The van der Waals surface area contributed by atoms with Crippen LogP contribution in [0.3, 0.4) is 0 Å². The number of aromatic nitrogens is 3. The molecule has 3 aromatic rings. The molecule has 0 atom stereocenters. The Morgan fingerprint density at radius 2 is 1.84 bits per heavy atom. The van der Waals surface area contributed by atoms with Crippen molar-refractivity contribution < 1.29 is 9.53 Å². The Morgan fingerprint density at radius 3 is 2.66 bits per heavy atom. The molecule has 2 aliphatic heterocycles. The second-order valence-corrected chi connectivity index (χ2v) is 9.55. The molecule has 0 saturated carbocycles. The van der Waals surface area contributed by atoms with Crippen molar-refractivity contribution in [1.82, 2.24) is 14.8 Å². The average Bonchev–Trinajstić information content (AvgIpc) is 3.08. The molecule has 3 heterocycles. The third kappa shape index (κ3) is 4.11. The number of aryl methyl sites for hydroxylation is 1. The number of hydrogen-bond donors (Lipinski definition) is 1. The number of carbonyl (C=O) groups is 1. The number of rotatable bonds is 4. The van der Waals surface area contributed by atoms with Gasteiger partial charge in [-0.3, -0.25) is 4.79 Å². The van der Waals surface area contributed by atoms with Gasteiger partial charge < -0.3 is 14.6 Å². The van der Waals surface area contributed by atoms with Gasteiger partial charge in [-0.05, 0) is 55.5 Å². The first-order valence-electron chi connectivity index (χ1n) is 11.3. The van der Waals surface area contributed by atoms with Gasteiger partial charge in [0.25, 0.3) is 0 Å². The molecule has 1 saturated heterocycles. The molecule has 0 bridgehead atoms. The Labute approximate surface area is 196 Å². The molecule has 166 valence electrons. The van der Waals surface area contributed by atoms with E-state index in [1.54, 1.807) is 0 Å². The lowest BCUT2D eigenvalue weighted by atomic mass is 9.73. The summed E-state index contributed by atoms with van der Waals surface area (Å²) in [6.45, 7) is 2.10. The number of fused-ring (bicyclic) bond motifs is 1. The lowest BCUT2D eigenvalue weighted by molar-refractivity contribution is -0.125. The molecule has 0 aliphatic carbocycles. The highest BCUT2D eigenvalue weighted by molar-refractivity contribution is 9.10. The molecular formula is C25H27BrN4O2. The van der Waals surface area contributed by atoms with Gasteiger partial charge in [-0.25, -0.2) is 0 Å². The van der Waals surface area contributed by atoms with E-state index in [2.05, 4.69) is 36.0 Å². The van der Waals surface area contributed by atoms with Crippen LogP contribution in [0.15, 0.2) is 53.0 Å². The summed E-state index contributed by atoms with van der Waals surface area (Å²) in [7, 11) is 0. The lowest BCUT2D eigenvalue weighted by Crippen LogP contribution is -2.44. The predicted molar refractivity (Wildman–Crippen MR) is 128 cm³/mol. The van der Waals surface area contributed by atoms with E-state index < -0.39 is 5.41 Å².